The van der Waals surface area contributed by atoms with Gasteiger partial charge in [0.25, 0.3) is 0 Å². The first-order valence-electron chi connectivity index (χ1n) is 6.68. The molecule has 2 fully saturated rings. The van der Waals surface area contributed by atoms with Gasteiger partial charge in [-0.1, -0.05) is 0 Å². The molecule has 5 heteroatoms. The standard InChI is InChI=1S/C13H19ClN4/c1-7-11(15)12(18-13(14)17-7)16-6-10(8-2-3-8)9-4-5-9/h8-10H,2-6,15H2,1H3,(H,16,17,18). The Morgan fingerprint density at radius 3 is 2.44 bits per heavy atom. The van der Waals surface area contributed by atoms with E-state index in [1.165, 1.54) is 25.7 Å². The Bertz CT molecular complexity index is 443. The quantitative estimate of drug-likeness (QED) is 0.805. The molecule has 0 bridgehead atoms. The smallest absolute Gasteiger partial charge is 0.224 e. The summed E-state index contributed by atoms with van der Waals surface area (Å²) >= 11 is 5.87. The SMILES string of the molecule is Cc1nc(Cl)nc(NCC(C2CC2)C2CC2)c1N. The van der Waals surface area contributed by atoms with Crippen molar-refractivity contribution in [1.82, 2.24) is 9.97 Å². The zero-order valence-corrected chi connectivity index (χ0v) is 11.4. The monoisotopic (exact) mass is 266 g/mol. The molecule has 1 heterocycles. The van der Waals surface area contributed by atoms with Crippen LogP contribution in [0.1, 0.15) is 31.4 Å². The average Bonchev–Trinajstić information content (AvgIpc) is 3.16. The van der Waals surface area contributed by atoms with Crippen molar-refractivity contribution >= 4 is 23.1 Å². The molecule has 2 saturated carbocycles. The van der Waals surface area contributed by atoms with Crippen LogP contribution in [0.2, 0.25) is 5.28 Å². The van der Waals surface area contributed by atoms with E-state index in [2.05, 4.69) is 15.3 Å². The molecule has 0 spiro atoms. The molecule has 3 rings (SSSR count). The molecule has 0 saturated heterocycles. The summed E-state index contributed by atoms with van der Waals surface area (Å²) < 4.78 is 0. The van der Waals surface area contributed by atoms with E-state index in [0.29, 0.717) is 11.5 Å². The maximum Gasteiger partial charge on any atom is 0.224 e. The number of halogens is 1. The molecule has 18 heavy (non-hydrogen) atoms. The molecule has 0 atom stereocenters. The second-order valence-electron chi connectivity index (χ2n) is 5.56. The number of hydrogen-bond donors (Lipinski definition) is 2. The number of hydrogen-bond acceptors (Lipinski definition) is 4. The molecule has 0 unspecified atom stereocenters. The molecule has 98 valence electrons. The van der Waals surface area contributed by atoms with E-state index < -0.39 is 0 Å². The largest absolute Gasteiger partial charge is 0.394 e. The van der Waals surface area contributed by atoms with E-state index >= 15 is 0 Å². The number of anilines is 2. The number of aromatic nitrogens is 2. The maximum absolute atomic E-state index is 5.98. The van der Waals surface area contributed by atoms with Crippen LogP contribution in [-0.4, -0.2) is 16.5 Å². The van der Waals surface area contributed by atoms with Gasteiger partial charge in [0.2, 0.25) is 5.28 Å². The Morgan fingerprint density at radius 1 is 1.28 bits per heavy atom. The number of nitrogen functional groups attached to an aromatic ring is 1. The summed E-state index contributed by atoms with van der Waals surface area (Å²) in [7, 11) is 0. The molecule has 4 nitrogen and oxygen atoms in total. The van der Waals surface area contributed by atoms with Gasteiger partial charge in [-0.05, 0) is 62.0 Å². The summed E-state index contributed by atoms with van der Waals surface area (Å²) in [4.78, 5) is 8.23. The molecule has 0 aliphatic heterocycles. The van der Waals surface area contributed by atoms with Gasteiger partial charge in [0, 0.05) is 6.54 Å². The fraction of sp³-hybridized carbons (Fsp3) is 0.692. The van der Waals surface area contributed by atoms with Crippen molar-refractivity contribution < 1.29 is 0 Å². The molecular weight excluding hydrogens is 248 g/mol. The van der Waals surface area contributed by atoms with Gasteiger partial charge in [-0.25, -0.2) is 4.98 Å². The Kier molecular flexibility index (Phi) is 3.06. The van der Waals surface area contributed by atoms with Crippen molar-refractivity contribution in [3.63, 3.8) is 0 Å². The van der Waals surface area contributed by atoms with E-state index in [0.717, 1.165) is 30.0 Å². The van der Waals surface area contributed by atoms with Crippen LogP contribution in [-0.2, 0) is 0 Å². The molecule has 0 radical (unpaired) electrons. The zero-order valence-electron chi connectivity index (χ0n) is 10.6. The zero-order chi connectivity index (χ0) is 12.7. The molecule has 0 aromatic carbocycles. The van der Waals surface area contributed by atoms with Gasteiger partial charge in [-0.15, -0.1) is 0 Å². The fourth-order valence-corrected chi connectivity index (χ4v) is 2.88. The van der Waals surface area contributed by atoms with Gasteiger partial charge >= 0.3 is 0 Å². The lowest BCUT2D eigenvalue weighted by atomic mass is 9.98. The second kappa shape index (κ2) is 4.57. The summed E-state index contributed by atoms with van der Waals surface area (Å²) in [6.07, 6.45) is 5.56. The summed E-state index contributed by atoms with van der Waals surface area (Å²) in [5, 5.41) is 3.64. The number of nitrogens with zero attached hydrogens (tertiary/aromatic N) is 2. The number of aryl methyl sites for hydroxylation is 1. The fourth-order valence-electron chi connectivity index (χ4n) is 2.66. The highest BCUT2D eigenvalue weighted by atomic mass is 35.5. The number of nitrogens with two attached hydrogens (primary N) is 1. The highest BCUT2D eigenvalue weighted by Crippen LogP contribution is 2.49. The van der Waals surface area contributed by atoms with Crippen LogP contribution >= 0.6 is 11.6 Å². The van der Waals surface area contributed by atoms with Crippen LogP contribution in [0.4, 0.5) is 11.5 Å². The van der Waals surface area contributed by atoms with Crippen molar-refractivity contribution in [2.45, 2.75) is 32.6 Å². The third-order valence-electron chi connectivity index (χ3n) is 4.07. The summed E-state index contributed by atoms with van der Waals surface area (Å²) in [5.41, 5.74) is 7.33. The first kappa shape index (κ1) is 12.0. The number of nitrogens with one attached hydrogen (secondary N) is 1. The second-order valence-corrected chi connectivity index (χ2v) is 5.90. The van der Waals surface area contributed by atoms with Crippen molar-refractivity contribution in [2.75, 3.05) is 17.6 Å². The minimum absolute atomic E-state index is 0.263. The van der Waals surface area contributed by atoms with E-state index in [9.17, 15) is 0 Å². The lowest BCUT2D eigenvalue weighted by Crippen LogP contribution is -2.20. The molecule has 0 amide bonds. The molecule has 2 aliphatic carbocycles. The van der Waals surface area contributed by atoms with Gasteiger partial charge in [-0.3, -0.25) is 0 Å². The third kappa shape index (κ3) is 2.53. The summed E-state index contributed by atoms with van der Waals surface area (Å²) in [5.74, 6) is 3.33. The highest BCUT2D eigenvalue weighted by molar-refractivity contribution is 6.28. The van der Waals surface area contributed by atoms with Crippen LogP contribution in [0.25, 0.3) is 0 Å². The third-order valence-corrected chi connectivity index (χ3v) is 4.24. The van der Waals surface area contributed by atoms with Crippen molar-refractivity contribution in [3.8, 4) is 0 Å². The Morgan fingerprint density at radius 2 is 1.89 bits per heavy atom. The Labute approximate surface area is 112 Å². The predicted molar refractivity (Wildman–Crippen MR) is 73.6 cm³/mol. The Balaban J connectivity index is 1.68. The van der Waals surface area contributed by atoms with Gasteiger partial charge < -0.3 is 11.1 Å². The van der Waals surface area contributed by atoms with Gasteiger partial charge in [0.05, 0.1) is 11.4 Å². The minimum Gasteiger partial charge on any atom is -0.394 e. The molecule has 1 aromatic rings. The van der Waals surface area contributed by atoms with E-state index in [-0.39, 0.29) is 5.28 Å². The van der Waals surface area contributed by atoms with Gasteiger partial charge in [0.1, 0.15) is 0 Å². The molecule has 2 aliphatic rings. The first-order chi connectivity index (χ1) is 8.65. The summed E-state index contributed by atoms with van der Waals surface area (Å²) in [6, 6.07) is 0. The summed E-state index contributed by atoms with van der Waals surface area (Å²) in [6.45, 7) is 2.82. The van der Waals surface area contributed by atoms with E-state index in [1.54, 1.807) is 0 Å². The van der Waals surface area contributed by atoms with Crippen LogP contribution in [0.5, 0.6) is 0 Å². The number of rotatable bonds is 5. The van der Waals surface area contributed by atoms with Crippen molar-refractivity contribution in [2.24, 2.45) is 17.8 Å². The van der Waals surface area contributed by atoms with Crippen molar-refractivity contribution in [3.05, 3.63) is 11.0 Å². The average molecular weight is 267 g/mol. The first-order valence-corrected chi connectivity index (χ1v) is 7.06. The van der Waals surface area contributed by atoms with Crippen LogP contribution in [0.3, 0.4) is 0 Å². The van der Waals surface area contributed by atoms with E-state index in [1.807, 2.05) is 6.92 Å². The predicted octanol–water partition coefficient (Wildman–Crippen LogP) is 2.87. The van der Waals surface area contributed by atoms with Gasteiger partial charge in [-0.2, -0.15) is 4.98 Å². The highest BCUT2D eigenvalue weighted by Gasteiger charge is 2.41. The van der Waals surface area contributed by atoms with Crippen molar-refractivity contribution in [1.29, 1.82) is 0 Å². The van der Waals surface area contributed by atoms with Crippen LogP contribution in [0.15, 0.2) is 0 Å². The normalized spacial score (nSPS) is 19.3. The molecule has 3 N–H and O–H groups in total. The molecular formula is C13H19ClN4. The lowest BCUT2D eigenvalue weighted by Gasteiger charge is -2.17. The topological polar surface area (TPSA) is 63.8 Å². The van der Waals surface area contributed by atoms with Gasteiger partial charge in [0.15, 0.2) is 5.82 Å². The van der Waals surface area contributed by atoms with Crippen LogP contribution in [0, 0.1) is 24.7 Å². The van der Waals surface area contributed by atoms with Crippen LogP contribution < -0.4 is 11.1 Å². The molecule has 1 aromatic heterocycles. The Hall–Kier alpha value is -1.03. The van der Waals surface area contributed by atoms with E-state index in [4.69, 9.17) is 17.3 Å². The lowest BCUT2D eigenvalue weighted by molar-refractivity contribution is 0.428. The minimum atomic E-state index is 0.263. The maximum atomic E-state index is 5.98.